The fourth-order valence-corrected chi connectivity index (χ4v) is 1.66. The van der Waals surface area contributed by atoms with E-state index in [9.17, 15) is 9.59 Å². The molecule has 1 aromatic heterocycles. The Bertz CT molecular complexity index is 406. The molecule has 0 aliphatic heterocycles. The van der Waals surface area contributed by atoms with Crippen LogP contribution in [0.3, 0.4) is 0 Å². The highest BCUT2D eigenvalue weighted by atomic mass is 16.4. The molecule has 0 spiro atoms. The van der Waals surface area contributed by atoms with Gasteiger partial charge in [0.2, 0.25) is 5.91 Å². The molecule has 0 saturated heterocycles. The van der Waals surface area contributed by atoms with E-state index in [1.165, 1.54) is 4.90 Å². The molecular formula is C13H18N2O3. The lowest BCUT2D eigenvalue weighted by molar-refractivity contribution is -0.150. The predicted octanol–water partition coefficient (Wildman–Crippen LogP) is 1.19. The van der Waals surface area contributed by atoms with E-state index < -0.39 is 11.9 Å². The van der Waals surface area contributed by atoms with Crippen LogP contribution in [0.4, 0.5) is 0 Å². The smallest absolute Gasteiger partial charge is 0.316 e. The van der Waals surface area contributed by atoms with Crippen molar-refractivity contribution in [3.05, 3.63) is 30.1 Å². The van der Waals surface area contributed by atoms with Crippen molar-refractivity contribution >= 4 is 11.9 Å². The first-order valence-corrected chi connectivity index (χ1v) is 5.94. The highest BCUT2D eigenvalue weighted by Crippen LogP contribution is 2.07. The molecule has 0 aliphatic rings. The van der Waals surface area contributed by atoms with Crippen molar-refractivity contribution in [1.82, 2.24) is 9.88 Å². The van der Waals surface area contributed by atoms with Gasteiger partial charge < -0.3 is 10.0 Å². The monoisotopic (exact) mass is 250 g/mol. The molecule has 1 N–H and O–H groups in total. The molecule has 18 heavy (non-hydrogen) atoms. The van der Waals surface area contributed by atoms with Crippen LogP contribution in [0, 0.1) is 5.92 Å². The zero-order chi connectivity index (χ0) is 13.5. The first-order valence-electron chi connectivity index (χ1n) is 5.94. The van der Waals surface area contributed by atoms with E-state index in [1.807, 2.05) is 18.2 Å². The minimum Gasteiger partial charge on any atom is -0.481 e. The number of carboxylic acid groups (broad SMARTS) is 1. The van der Waals surface area contributed by atoms with Crippen molar-refractivity contribution in [2.45, 2.75) is 19.8 Å². The zero-order valence-corrected chi connectivity index (χ0v) is 10.7. The van der Waals surface area contributed by atoms with E-state index >= 15 is 0 Å². The predicted molar refractivity (Wildman–Crippen MR) is 67.0 cm³/mol. The van der Waals surface area contributed by atoms with Crippen molar-refractivity contribution in [1.29, 1.82) is 0 Å². The zero-order valence-electron chi connectivity index (χ0n) is 10.7. The van der Waals surface area contributed by atoms with Gasteiger partial charge in [0.15, 0.2) is 0 Å². The van der Waals surface area contributed by atoms with Crippen LogP contribution in [0.25, 0.3) is 0 Å². The topological polar surface area (TPSA) is 70.5 Å². The summed E-state index contributed by atoms with van der Waals surface area (Å²) in [5.74, 6) is -2.35. The maximum absolute atomic E-state index is 11.9. The fraction of sp³-hybridized carbons (Fsp3) is 0.462. The molecule has 1 unspecified atom stereocenters. The molecule has 1 aromatic rings. The summed E-state index contributed by atoms with van der Waals surface area (Å²) in [7, 11) is 1.62. The third-order valence-electron chi connectivity index (χ3n) is 2.81. The molecule has 0 saturated carbocycles. The van der Waals surface area contributed by atoms with Crippen LogP contribution in [0.2, 0.25) is 0 Å². The van der Waals surface area contributed by atoms with Gasteiger partial charge in [-0.1, -0.05) is 13.0 Å². The lowest BCUT2D eigenvalue weighted by Crippen LogP contribution is -2.37. The molecule has 5 heteroatoms. The minimum atomic E-state index is -1.06. The summed E-state index contributed by atoms with van der Waals surface area (Å²) in [6, 6.07) is 5.60. The SMILES string of the molecule is CCC(C(=O)O)C(=O)N(C)CCc1ccccn1. The van der Waals surface area contributed by atoms with Gasteiger partial charge in [-0.15, -0.1) is 0 Å². The summed E-state index contributed by atoms with van der Waals surface area (Å²) in [4.78, 5) is 28.4. The van der Waals surface area contributed by atoms with E-state index in [4.69, 9.17) is 5.11 Å². The minimum absolute atomic E-state index is 0.308. The van der Waals surface area contributed by atoms with E-state index in [-0.39, 0.29) is 5.91 Å². The summed E-state index contributed by atoms with van der Waals surface area (Å²) in [6.07, 6.45) is 2.63. The third-order valence-corrected chi connectivity index (χ3v) is 2.81. The molecule has 0 radical (unpaired) electrons. The normalized spacial score (nSPS) is 11.9. The number of nitrogens with zero attached hydrogens (tertiary/aromatic N) is 2. The maximum atomic E-state index is 11.9. The van der Waals surface area contributed by atoms with Gasteiger partial charge in [0, 0.05) is 31.9 Å². The number of carbonyl (C=O) groups excluding carboxylic acids is 1. The van der Waals surface area contributed by atoms with Crippen molar-refractivity contribution in [3.8, 4) is 0 Å². The maximum Gasteiger partial charge on any atom is 0.316 e. The summed E-state index contributed by atoms with van der Waals surface area (Å²) >= 11 is 0. The number of amides is 1. The standard InChI is InChI=1S/C13H18N2O3/c1-3-11(13(17)18)12(16)15(2)9-7-10-6-4-5-8-14-10/h4-6,8,11H,3,7,9H2,1-2H3,(H,17,18). The summed E-state index contributed by atoms with van der Waals surface area (Å²) in [5, 5.41) is 8.92. The molecule has 1 atom stereocenters. The van der Waals surface area contributed by atoms with Crippen LogP contribution in [-0.2, 0) is 16.0 Å². The first-order chi connectivity index (χ1) is 8.56. The quantitative estimate of drug-likeness (QED) is 0.770. The third kappa shape index (κ3) is 3.84. The Morgan fingerprint density at radius 1 is 1.44 bits per heavy atom. The molecule has 0 aromatic carbocycles. The number of likely N-dealkylation sites (N-methyl/N-ethyl adjacent to an activating group) is 1. The van der Waals surface area contributed by atoms with Gasteiger partial charge in [-0.3, -0.25) is 14.6 Å². The summed E-state index contributed by atoms with van der Waals surface area (Å²) < 4.78 is 0. The Kier molecular flexibility index (Phi) is 5.30. The van der Waals surface area contributed by atoms with Gasteiger partial charge in [-0.2, -0.15) is 0 Å². The van der Waals surface area contributed by atoms with Crippen molar-refractivity contribution < 1.29 is 14.7 Å². The van der Waals surface area contributed by atoms with Crippen LogP contribution in [0.1, 0.15) is 19.0 Å². The molecule has 0 aliphatic carbocycles. The number of hydrogen-bond acceptors (Lipinski definition) is 3. The molecule has 0 fully saturated rings. The van der Waals surface area contributed by atoms with Gasteiger partial charge in [0.05, 0.1) is 0 Å². The number of hydrogen-bond donors (Lipinski definition) is 1. The second-order valence-electron chi connectivity index (χ2n) is 4.13. The molecule has 0 bridgehead atoms. The van der Waals surface area contributed by atoms with Crippen LogP contribution >= 0.6 is 0 Å². The first kappa shape index (κ1) is 14.2. The number of aliphatic carboxylic acids is 1. The average molecular weight is 250 g/mol. The van der Waals surface area contributed by atoms with E-state index in [0.717, 1.165) is 5.69 Å². The van der Waals surface area contributed by atoms with Gasteiger partial charge in [-0.05, 0) is 18.6 Å². The lowest BCUT2D eigenvalue weighted by atomic mass is 10.1. The van der Waals surface area contributed by atoms with Gasteiger partial charge in [-0.25, -0.2) is 0 Å². The van der Waals surface area contributed by atoms with Crippen LogP contribution in [-0.4, -0.2) is 40.5 Å². The molecule has 5 nitrogen and oxygen atoms in total. The van der Waals surface area contributed by atoms with Crippen molar-refractivity contribution in [2.24, 2.45) is 5.92 Å². The second kappa shape index (κ2) is 6.74. The number of pyridine rings is 1. The van der Waals surface area contributed by atoms with Crippen molar-refractivity contribution in [3.63, 3.8) is 0 Å². The van der Waals surface area contributed by atoms with E-state index in [2.05, 4.69) is 4.98 Å². The fourth-order valence-electron chi connectivity index (χ4n) is 1.66. The summed E-state index contributed by atoms with van der Waals surface area (Å²) in [5.41, 5.74) is 0.889. The summed E-state index contributed by atoms with van der Waals surface area (Å²) in [6.45, 7) is 2.17. The molecule has 1 heterocycles. The number of carboxylic acids is 1. The molecular weight excluding hydrogens is 232 g/mol. The largest absolute Gasteiger partial charge is 0.481 e. The van der Waals surface area contributed by atoms with Crippen LogP contribution < -0.4 is 0 Å². The van der Waals surface area contributed by atoms with Gasteiger partial charge in [0.1, 0.15) is 5.92 Å². The lowest BCUT2D eigenvalue weighted by Gasteiger charge is -2.20. The molecule has 98 valence electrons. The molecule has 1 amide bonds. The highest BCUT2D eigenvalue weighted by molar-refractivity contribution is 5.96. The molecule has 1 rings (SSSR count). The van der Waals surface area contributed by atoms with Gasteiger partial charge in [0.25, 0.3) is 0 Å². The Balaban J connectivity index is 2.52. The van der Waals surface area contributed by atoms with Crippen molar-refractivity contribution in [2.75, 3.05) is 13.6 Å². The second-order valence-corrected chi connectivity index (χ2v) is 4.13. The van der Waals surface area contributed by atoms with E-state index in [0.29, 0.717) is 19.4 Å². The van der Waals surface area contributed by atoms with Crippen LogP contribution in [0.5, 0.6) is 0 Å². The Morgan fingerprint density at radius 2 is 2.17 bits per heavy atom. The number of aromatic nitrogens is 1. The highest BCUT2D eigenvalue weighted by Gasteiger charge is 2.26. The van der Waals surface area contributed by atoms with Crippen LogP contribution in [0.15, 0.2) is 24.4 Å². The Hall–Kier alpha value is -1.91. The van der Waals surface area contributed by atoms with E-state index in [1.54, 1.807) is 20.2 Å². The van der Waals surface area contributed by atoms with Gasteiger partial charge >= 0.3 is 5.97 Å². The number of rotatable bonds is 6. The Labute approximate surface area is 106 Å². The average Bonchev–Trinajstić information content (AvgIpc) is 2.37. The Morgan fingerprint density at radius 3 is 2.67 bits per heavy atom. The number of carbonyl (C=O) groups is 2.